The topological polar surface area (TPSA) is 81.8 Å². The molecule has 0 aromatic heterocycles. The molecule has 3 amide bonds. The van der Waals surface area contributed by atoms with Crippen LogP contribution in [0.5, 0.6) is 0 Å². The molecule has 2 N–H and O–H groups in total. The van der Waals surface area contributed by atoms with Crippen molar-refractivity contribution in [1.82, 2.24) is 15.1 Å². The Balaban J connectivity index is 1.47. The van der Waals surface area contributed by atoms with Crippen molar-refractivity contribution in [3.05, 3.63) is 29.3 Å². The summed E-state index contributed by atoms with van der Waals surface area (Å²) in [7, 11) is 0. The molecule has 2 fully saturated rings. The molecule has 0 spiro atoms. The molecule has 140 valence electrons. The largest absolute Gasteiger partial charge is 0.344 e. The Morgan fingerprint density at radius 3 is 2.38 bits per heavy atom. The van der Waals surface area contributed by atoms with Gasteiger partial charge in [-0.3, -0.25) is 19.3 Å². The molecule has 1 aromatic rings. The summed E-state index contributed by atoms with van der Waals surface area (Å²) < 4.78 is 0. The first-order chi connectivity index (χ1) is 12.4. The fraction of sp³-hybridized carbons (Fsp3) is 0.526. The van der Waals surface area contributed by atoms with Gasteiger partial charge in [-0.05, 0) is 31.4 Å². The zero-order valence-electron chi connectivity index (χ0n) is 15.4. The van der Waals surface area contributed by atoms with E-state index in [9.17, 15) is 14.4 Å². The maximum Gasteiger partial charge on any atom is 0.245 e. The third-order valence-electron chi connectivity index (χ3n) is 5.09. The van der Waals surface area contributed by atoms with Crippen molar-refractivity contribution in [2.24, 2.45) is 0 Å². The van der Waals surface area contributed by atoms with Crippen molar-refractivity contribution >= 4 is 23.4 Å². The number of nitrogens with one attached hydrogen (secondary N) is 2. The van der Waals surface area contributed by atoms with Crippen LogP contribution in [0.2, 0.25) is 0 Å². The van der Waals surface area contributed by atoms with E-state index in [0.717, 1.165) is 16.8 Å². The van der Waals surface area contributed by atoms with Gasteiger partial charge in [-0.15, -0.1) is 0 Å². The third kappa shape index (κ3) is 4.22. The molecule has 7 heteroatoms. The van der Waals surface area contributed by atoms with Crippen LogP contribution >= 0.6 is 0 Å². The normalized spacial score (nSPS) is 20.8. The quantitative estimate of drug-likeness (QED) is 0.829. The van der Waals surface area contributed by atoms with Crippen LogP contribution in [0.3, 0.4) is 0 Å². The average Bonchev–Trinajstić information content (AvgIpc) is 3.05. The average molecular weight is 358 g/mol. The molecule has 0 bridgehead atoms. The summed E-state index contributed by atoms with van der Waals surface area (Å²) in [5.74, 6) is -0.0918. The molecule has 2 aliphatic heterocycles. The number of carbonyl (C=O) groups excluding carboxylic acids is 3. The van der Waals surface area contributed by atoms with Crippen LogP contribution in [0, 0.1) is 13.8 Å². The van der Waals surface area contributed by atoms with E-state index >= 15 is 0 Å². The fourth-order valence-corrected chi connectivity index (χ4v) is 3.54. The number of nitrogens with zero attached hydrogens (tertiary/aromatic N) is 2. The van der Waals surface area contributed by atoms with E-state index in [0.29, 0.717) is 45.6 Å². The van der Waals surface area contributed by atoms with Crippen molar-refractivity contribution in [2.45, 2.75) is 32.7 Å². The third-order valence-corrected chi connectivity index (χ3v) is 5.09. The molecule has 1 atom stereocenters. The first-order valence-corrected chi connectivity index (χ1v) is 9.10. The first-order valence-electron chi connectivity index (χ1n) is 9.10. The highest BCUT2D eigenvalue weighted by Gasteiger charge is 2.32. The van der Waals surface area contributed by atoms with E-state index in [1.807, 2.05) is 32.0 Å². The second-order valence-corrected chi connectivity index (χ2v) is 7.08. The summed E-state index contributed by atoms with van der Waals surface area (Å²) in [6.07, 6.45) is 1.00. The van der Waals surface area contributed by atoms with Crippen LogP contribution in [-0.4, -0.2) is 66.3 Å². The van der Waals surface area contributed by atoms with Gasteiger partial charge in [0, 0.05) is 38.3 Å². The smallest absolute Gasteiger partial charge is 0.245 e. The SMILES string of the molecule is Cc1cccc(C)c1NC(=O)CN1CCN(C(=O)[C@H]2CCC(=O)N2)CC1. The number of aryl methyl sites for hydroxylation is 2. The number of carbonyl (C=O) groups is 3. The van der Waals surface area contributed by atoms with Gasteiger partial charge in [0.2, 0.25) is 17.7 Å². The van der Waals surface area contributed by atoms with Gasteiger partial charge in [0.1, 0.15) is 6.04 Å². The maximum atomic E-state index is 12.4. The fourth-order valence-electron chi connectivity index (χ4n) is 3.54. The molecule has 7 nitrogen and oxygen atoms in total. The number of anilines is 1. The zero-order chi connectivity index (χ0) is 18.7. The summed E-state index contributed by atoms with van der Waals surface area (Å²) >= 11 is 0. The van der Waals surface area contributed by atoms with Gasteiger partial charge in [0.25, 0.3) is 0 Å². The molecule has 0 unspecified atom stereocenters. The Kier molecular flexibility index (Phi) is 5.56. The van der Waals surface area contributed by atoms with Gasteiger partial charge >= 0.3 is 0 Å². The minimum absolute atomic E-state index is 0.00418. The minimum Gasteiger partial charge on any atom is -0.344 e. The Hall–Kier alpha value is -2.41. The van der Waals surface area contributed by atoms with Gasteiger partial charge in [0.15, 0.2) is 0 Å². The van der Waals surface area contributed by atoms with Gasteiger partial charge in [-0.1, -0.05) is 18.2 Å². The Bertz CT molecular complexity index is 690. The van der Waals surface area contributed by atoms with Crippen molar-refractivity contribution in [1.29, 1.82) is 0 Å². The lowest BCUT2D eigenvalue weighted by atomic mass is 10.1. The molecule has 3 rings (SSSR count). The number of amides is 3. The second-order valence-electron chi connectivity index (χ2n) is 7.08. The molecule has 1 aromatic carbocycles. The van der Waals surface area contributed by atoms with Crippen LogP contribution in [-0.2, 0) is 14.4 Å². The molecule has 2 saturated heterocycles. The van der Waals surface area contributed by atoms with Gasteiger partial charge in [-0.2, -0.15) is 0 Å². The molecule has 0 aliphatic carbocycles. The number of para-hydroxylation sites is 1. The Labute approximate surface area is 153 Å². The standard InChI is InChI=1S/C19H26N4O3/c1-13-4-3-5-14(2)18(13)21-17(25)12-22-8-10-23(11-9-22)19(26)15-6-7-16(24)20-15/h3-5,15H,6-12H2,1-2H3,(H,20,24)(H,21,25)/t15-/m1/s1. The molecule has 0 saturated carbocycles. The number of benzene rings is 1. The van der Waals surface area contributed by atoms with Gasteiger partial charge < -0.3 is 15.5 Å². The number of hydrogen-bond acceptors (Lipinski definition) is 4. The molecular formula is C19H26N4O3. The molecule has 2 heterocycles. The molecular weight excluding hydrogens is 332 g/mol. The first kappa shape index (κ1) is 18.4. The van der Waals surface area contributed by atoms with E-state index in [-0.39, 0.29) is 23.8 Å². The van der Waals surface area contributed by atoms with E-state index in [4.69, 9.17) is 0 Å². The van der Waals surface area contributed by atoms with Gasteiger partial charge in [-0.25, -0.2) is 0 Å². The van der Waals surface area contributed by atoms with E-state index in [1.165, 1.54) is 0 Å². The summed E-state index contributed by atoms with van der Waals surface area (Å²) in [6.45, 7) is 6.77. The molecule has 2 aliphatic rings. The van der Waals surface area contributed by atoms with Crippen molar-refractivity contribution in [3.63, 3.8) is 0 Å². The van der Waals surface area contributed by atoms with Gasteiger partial charge in [0.05, 0.1) is 6.54 Å². The predicted molar refractivity (Wildman–Crippen MR) is 98.7 cm³/mol. The van der Waals surface area contributed by atoms with E-state index < -0.39 is 0 Å². The van der Waals surface area contributed by atoms with Crippen LogP contribution in [0.4, 0.5) is 5.69 Å². The van der Waals surface area contributed by atoms with E-state index in [1.54, 1.807) is 4.90 Å². The van der Waals surface area contributed by atoms with Crippen LogP contribution in [0.15, 0.2) is 18.2 Å². The highest BCUT2D eigenvalue weighted by atomic mass is 16.2. The predicted octanol–water partition coefficient (Wildman–Crippen LogP) is 0.665. The van der Waals surface area contributed by atoms with Crippen molar-refractivity contribution in [2.75, 3.05) is 38.0 Å². The molecule has 0 radical (unpaired) electrons. The zero-order valence-corrected chi connectivity index (χ0v) is 15.4. The summed E-state index contributed by atoms with van der Waals surface area (Å²) in [4.78, 5) is 39.9. The summed E-state index contributed by atoms with van der Waals surface area (Å²) in [5, 5.41) is 5.73. The second kappa shape index (κ2) is 7.86. The van der Waals surface area contributed by atoms with Crippen LogP contribution in [0.25, 0.3) is 0 Å². The highest BCUT2D eigenvalue weighted by Crippen LogP contribution is 2.19. The number of rotatable bonds is 4. The summed E-state index contributed by atoms with van der Waals surface area (Å²) in [5.41, 5.74) is 2.98. The number of piperazine rings is 1. The van der Waals surface area contributed by atoms with Crippen molar-refractivity contribution in [3.8, 4) is 0 Å². The Morgan fingerprint density at radius 1 is 1.15 bits per heavy atom. The van der Waals surface area contributed by atoms with E-state index in [2.05, 4.69) is 15.5 Å². The highest BCUT2D eigenvalue weighted by molar-refractivity contribution is 5.94. The summed E-state index contributed by atoms with van der Waals surface area (Å²) in [6, 6.07) is 5.56. The van der Waals surface area contributed by atoms with Crippen LogP contribution < -0.4 is 10.6 Å². The maximum absolute atomic E-state index is 12.4. The monoisotopic (exact) mass is 358 g/mol. The lowest BCUT2D eigenvalue weighted by Crippen LogP contribution is -2.54. The lowest BCUT2D eigenvalue weighted by Gasteiger charge is -2.35. The van der Waals surface area contributed by atoms with Crippen molar-refractivity contribution < 1.29 is 14.4 Å². The minimum atomic E-state index is -0.374. The number of hydrogen-bond donors (Lipinski definition) is 2. The van der Waals surface area contributed by atoms with Crippen LogP contribution in [0.1, 0.15) is 24.0 Å². The Morgan fingerprint density at radius 2 is 1.81 bits per heavy atom. The lowest BCUT2D eigenvalue weighted by molar-refractivity contribution is -0.136. The molecule has 26 heavy (non-hydrogen) atoms.